The van der Waals surface area contributed by atoms with Gasteiger partial charge in [-0.2, -0.15) is 0 Å². The quantitative estimate of drug-likeness (QED) is 0.268. The maximum Gasteiger partial charge on any atom is 0.220 e. The van der Waals surface area contributed by atoms with E-state index in [9.17, 15) is 8.78 Å². The second-order valence-corrected chi connectivity index (χ2v) is 7.17. The summed E-state index contributed by atoms with van der Waals surface area (Å²) in [5.74, 6) is -1.31. The summed E-state index contributed by atoms with van der Waals surface area (Å²) in [5.41, 5.74) is 12.8. The monoisotopic (exact) mass is 430 g/mol. The Morgan fingerprint density at radius 1 is 1.00 bits per heavy atom. The third-order valence-corrected chi connectivity index (χ3v) is 4.94. The fourth-order valence-electron chi connectivity index (χ4n) is 2.66. The molecule has 0 aliphatic rings. The van der Waals surface area contributed by atoms with Crippen LogP contribution >= 0.6 is 24.2 Å². The van der Waals surface area contributed by atoms with E-state index < -0.39 is 11.6 Å². The molecule has 0 aliphatic heterocycles. The molecule has 148 valence electrons. The van der Waals surface area contributed by atoms with Crippen LogP contribution in [-0.4, -0.2) is 9.97 Å². The van der Waals surface area contributed by atoms with Crippen LogP contribution in [0, 0.1) is 18.6 Å². The maximum atomic E-state index is 14.0. The van der Waals surface area contributed by atoms with Crippen LogP contribution in [-0.2, 0) is 0 Å². The molecule has 0 unspecified atom stereocenters. The van der Waals surface area contributed by atoms with Crippen molar-refractivity contribution in [2.45, 2.75) is 11.8 Å². The molecule has 0 saturated carbocycles. The second-order valence-electron chi connectivity index (χ2n) is 6.28. The first-order chi connectivity index (χ1) is 13.8. The molecule has 8 heteroatoms. The highest BCUT2D eigenvalue weighted by molar-refractivity contribution is 7.80. The number of nitrogens with two attached hydrogens (primary N) is 2. The molecule has 0 radical (unpaired) electrons. The summed E-state index contributed by atoms with van der Waals surface area (Å²) in [6, 6.07) is 12.9. The molecular weight excluding hydrogens is 414 g/mol. The molecule has 4 nitrogen and oxygen atoms in total. The van der Waals surface area contributed by atoms with Gasteiger partial charge in [-0.1, -0.05) is 23.7 Å². The van der Waals surface area contributed by atoms with Gasteiger partial charge in [0.05, 0.1) is 21.8 Å². The number of halogens is 3. The number of hydrogen-bond donors (Lipinski definition) is 3. The van der Waals surface area contributed by atoms with Crippen LogP contribution in [0.25, 0.3) is 22.0 Å². The van der Waals surface area contributed by atoms with Gasteiger partial charge in [0.1, 0.15) is 5.82 Å². The average Bonchev–Trinajstić information content (AvgIpc) is 2.69. The lowest BCUT2D eigenvalue weighted by molar-refractivity contribution is 0.592. The van der Waals surface area contributed by atoms with E-state index in [1.165, 1.54) is 17.8 Å². The second kappa shape index (κ2) is 8.63. The van der Waals surface area contributed by atoms with Crippen molar-refractivity contribution in [2.75, 3.05) is 11.5 Å². The first-order valence-corrected chi connectivity index (χ1v) is 9.30. The average molecular weight is 431 g/mol. The number of aromatic nitrogens is 2. The minimum Gasteiger partial charge on any atom is -0.396 e. The molecule has 4 N–H and O–H groups in total. The predicted octanol–water partition coefficient (Wildman–Crippen LogP) is 5.68. The highest BCUT2D eigenvalue weighted by atomic mass is 35.5. The van der Waals surface area contributed by atoms with E-state index in [4.69, 9.17) is 23.1 Å². The van der Waals surface area contributed by atoms with Gasteiger partial charge in [0.2, 0.25) is 5.95 Å². The van der Waals surface area contributed by atoms with Crippen molar-refractivity contribution in [1.82, 2.24) is 9.97 Å². The Bertz CT molecular complexity index is 1200. The molecule has 0 fully saturated rings. The Balaban J connectivity index is 0.000000224. The number of anilines is 2. The fourth-order valence-corrected chi connectivity index (χ4v) is 3.05. The van der Waals surface area contributed by atoms with Gasteiger partial charge in [0.15, 0.2) is 5.82 Å². The molecule has 0 spiro atoms. The zero-order chi connectivity index (χ0) is 21.1. The van der Waals surface area contributed by atoms with E-state index in [0.29, 0.717) is 21.5 Å². The highest BCUT2D eigenvalue weighted by Crippen LogP contribution is 2.31. The van der Waals surface area contributed by atoms with Crippen LogP contribution in [0.1, 0.15) is 5.56 Å². The molecule has 0 aliphatic carbocycles. The van der Waals surface area contributed by atoms with Crippen LogP contribution in [0.4, 0.5) is 20.4 Å². The molecule has 29 heavy (non-hydrogen) atoms. The van der Waals surface area contributed by atoms with Crippen LogP contribution in [0.2, 0.25) is 5.02 Å². The molecule has 1 aromatic heterocycles. The SMILES string of the molecule is Cc1ccc(Cl)c(S)c1.Nc1ncc2cc(-c3c(F)ccc(N)c3F)ccc2n1. The summed E-state index contributed by atoms with van der Waals surface area (Å²) >= 11 is 9.84. The van der Waals surface area contributed by atoms with Gasteiger partial charge in [0.25, 0.3) is 0 Å². The van der Waals surface area contributed by atoms with E-state index in [-0.39, 0.29) is 17.2 Å². The molecule has 1 heterocycles. The lowest BCUT2D eigenvalue weighted by atomic mass is 10.0. The van der Waals surface area contributed by atoms with Gasteiger partial charge in [0, 0.05) is 16.5 Å². The zero-order valence-corrected chi connectivity index (χ0v) is 17.0. The van der Waals surface area contributed by atoms with Gasteiger partial charge in [-0.3, -0.25) is 0 Å². The van der Waals surface area contributed by atoms with Gasteiger partial charge in [-0.05, 0) is 54.4 Å². The molecule has 3 aromatic carbocycles. The summed E-state index contributed by atoms with van der Waals surface area (Å²) in [5, 5.41) is 1.35. The van der Waals surface area contributed by atoms with Gasteiger partial charge >= 0.3 is 0 Å². The van der Waals surface area contributed by atoms with Crippen molar-refractivity contribution in [3.05, 3.63) is 76.9 Å². The Morgan fingerprint density at radius 2 is 1.76 bits per heavy atom. The van der Waals surface area contributed by atoms with Gasteiger partial charge in [-0.15, -0.1) is 12.6 Å². The van der Waals surface area contributed by atoms with Gasteiger partial charge in [-0.25, -0.2) is 18.7 Å². The van der Waals surface area contributed by atoms with E-state index >= 15 is 0 Å². The molecule has 4 aromatic rings. The number of aryl methyl sites for hydroxylation is 1. The van der Waals surface area contributed by atoms with Crippen molar-refractivity contribution < 1.29 is 8.78 Å². The van der Waals surface area contributed by atoms with Crippen LogP contribution in [0.15, 0.2) is 59.6 Å². The summed E-state index contributed by atoms with van der Waals surface area (Å²) in [6.07, 6.45) is 1.50. The number of fused-ring (bicyclic) bond motifs is 1. The number of nitrogens with zero attached hydrogens (tertiary/aromatic N) is 2. The van der Waals surface area contributed by atoms with Crippen LogP contribution < -0.4 is 11.5 Å². The smallest absolute Gasteiger partial charge is 0.220 e. The largest absolute Gasteiger partial charge is 0.396 e. The fraction of sp³-hybridized carbons (Fsp3) is 0.0476. The summed E-state index contributed by atoms with van der Waals surface area (Å²) in [4.78, 5) is 8.73. The number of benzene rings is 3. The molecule has 4 rings (SSSR count). The molecular formula is C21H17ClF2N4S. The summed E-state index contributed by atoms with van der Waals surface area (Å²) in [7, 11) is 0. The Morgan fingerprint density at radius 3 is 2.45 bits per heavy atom. The van der Waals surface area contributed by atoms with Crippen LogP contribution in [0.3, 0.4) is 0 Å². The normalized spacial score (nSPS) is 10.5. The maximum absolute atomic E-state index is 14.0. The highest BCUT2D eigenvalue weighted by Gasteiger charge is 2.14. The number of nitrogen functional groups attached to an aromatic ring is 2. The number of thiol groups is 1. The van der Waals surface area contributed by atoms with E-state index in [2.05, 4.69) is 22.6 Å². The third kappa shape index (κ3) is 4.75. The first kappa shape index (κ1) is 20.8. The van der Waals surface area contributed by atoms with Crippen LogP contribution in [0.5, 0.6) is 0 Å². The third-order valence-electron chi connectivity index (χ3n) is 4.11. The Labute approximate surface area is 177 Å². The van der Waals surface area contributed by atoms with Gasteiger partial charge < -0.3 is 11.5 Å². The summed E-state index contributed by atoms with van der Waals surface area (Å²) in [6.45, 7) is 2.01. The molecule has 0 saturated heterocycles. The Hall–Kier alpha value is -2.90. The lowest BCUT2D eigenvalue weighted by Crippen LogP contribution is -1.97. The van der Waals surface area contributed by atoms with E-state index in [1.54, 1.807) is 18.2 Å². The predicted molar refractivity (Wildman–Crippen MR) is 117 cm³/mol. The minimum atomic E-state index is -0.777. The zero-order valence-electron chi connectivity index (χ0n) is 15.3. The van der Waals surface area contributed by atoms with Crippen molar-refractivity contribution >= 4 is 46.8 Å². The minimum absolute atomic E-state index is 0.102. The Kier molecular flexibility index (Phi) is 6.20. The van der Waals surface area contributed by atoms with Crippen molar-refractivity contribution in [3.63, 3.8) is 0 Å². The van der Waals surface area contributed by atoms with Crippen molar-refractivity contribution in [3.8, 4) is 11.1 Å². The number of hydrogen-bond acceptors (Lipinski definition) is 5. The van der Waals surface area contributed by atoms with Crippen molar-refractivity contribution in [1.29, 1.82) is 0 Å². The number of rotatable bonds is 1. The topological polar surface area (TPSA) is 77.8 Å². The van der Waals surface area contributed by atoms with E-state index in [0.717, 1.165) is 11.0 Å². The molecule has 0 bridgehead atoms. The molecule has 0 atom stereocenters. The molecule has 0 amide bonds. The van der Waals surface area contributed by atoms with Crippen molar-refractivity contribution in [2.24, 2.45) is 0 Å². The standard InChI is InChI=1S/C14H10F2N4.C7H7ClS/c15-9-2-3-10(17)13(16)12(9)7-1-4-11-8(5-7)6-19-14(18)20-11;1-5-2-3-6(8)7(9)4-5/h1-6H,17H2,(H2,18,19,20);2-4,9H,1H3. The lowest BCUT2D eigenvalue weighted by Gasteiger charge is -2.08. The first-order valence-electron chi connectivity index (χ1n) is 8.47. The van der Waals surface area contributed by atoms with E-state index in [1.807, 2.05) is 25.1 Å². The summed E-state index contributed by atoms with van der Waals surface area (Å²) < 4.78 is 27.8.